The molecule has 1 N–H and O–H groups in total. The summed E-state index contributed by atoms with van der Waals surface area (Å²) < 4.78 is 5.07. The molecule has 3 heteroatoms. The molecule has 88 valence electrons. The van der Waals surface area contributed by atoms with Gasteiger partial charge in [0.1, 0.15) is 6.61 Å². The molecule has 1 rings (SSSR count). The smallest absolute Gasteiger partial charge is 0.246 e. The lowest BCUT2D eigenvalue weighted by molar-refractivity contribution is -0.126. The van der Waals surface area contributed by atoms with E-state index in [9.17, 15) is 4.79 Å². The molecular weight excluding hydrogens is 190 g/mol. The molecule has 0 heterocycles. The maximum absolute atomic E-state index is 11.4. The Morgan fingerprint density at radius 2 is 2.07 bits per heavy atom. The predicted molar refractivity (Wildman–Crippen MR) is 60.7 cm³/mol. The maximum Gasteiger partial charge on any atom is 0.246 e. The summed E-state index contributed by atoms with van der Waals surface area (Å²) in [7, 11) is 0. The summed E-state index contributed by atoms with van der Waals surface area (Å²) in [5.74, 6) is 0.694. The molecule has 0 aromatic rings. The molecule has 1 fully saturated rings. The maximum atomic E-state index is 11.4. The van der Waals surface area contributed by atoms with Gasteiger partial charge in [0.25, 0.3) is 0 Å². The van der Waals surface area contributed by atoms with Crippen molar-refractivity contribution in [1.82, 2.24) is 5.32 Å². The Kier molecular flexibility index (Phi) is 5.69. The van der Waals surface area contributed by atoms with Crippen molar-refractivity contribution in [2.45, 2.75) is 52.0 Å². The number of amides is 1. The Morgan fingerprint density at radius 3 is 2.67 bits per heavy atom. The monoisotopic (exact) mass is 213 g/mol. The molecule has 1 unspecified atom stereocenters. The van der Waals surface area contributed by atoms with Crippen molar-refractivity contribution < 1.29 is 9.53 Å². The van der Waals surface area contributed by atoms with Crippen LogP contribution in [0.2, 0.25) is 0 Å². The van der Waals surface area contributed by atoms with E-state index in [0.717, 1.165) is 0 Å². The minimum absolute atomic E-state index is 0.0231. The Balaban J connectivity index is 2.21. The largest absolute Gasteiger partial charge is 0.372 e. The second-order valence-corrected chi connectivity index (χ2v) is 4.39. The normalized spacial score (nSPS) is 19.9. The van der Waals surface area contributed by atoms with Crippen molar-refractivity contribution in [3.8, 4) is 0 Å². The third-order valence-corrected chi connectivity index (χ3v) is 3.18. The van der Waals surface area contributed by atoms with E-state index in [1.807, 2.05) is 6.92 Å². The average Bonchev–Trinajstić information content (AvgIpc) is 2.27. The van der Waals surface area contributed by atoms with Gasteiger partial charge in [0, 0.05) is 12.6 Å². The Bertz CT molecular complexity index is 188. The van der Waals surface area contributed by atoms with Crippen LogP contribution in [0.5, 0.6) is 0 Å². The highest BCUT2D eigenvalue weighted by Crippen LogP contribution is 2.26. The van der Waals surface area contributed by atoms with Gasteiger partial charge in [-0.05, 0) is 32.6 Å². The van der Waals surface area contributed by atoms with Crippen LogP contribution in [-0.2, 0) is 9.53 Å². The van der Waals surface area contributed by atoms with E-state index in [-0.39, 0.29) is 12.5 Å². The zero-order chi connectivity index (χ0) is 11.1. The summed E-state index contributed by atoms with van der Waals surface area (Å²) in [6, 6.07) is 0.304. The van der Waals surface area contributed by atoms with Gasteiger partial charge in [0.15, 0.2) is 0 Å². The standard InChI is InChI=1S/C12H23NO2/c1-3-15-9-12(14)13-10(2)11-7-5-4-6-8-11/h10-11H,3-9H2,1-2H3,(H,13,14). The third kappa shape index (κ3) is 4.65. The second-order valence-electron chi connectivity index (χ2n) is 4.39. The minimum Gasteiger partial charge on any atom is -0.372 e. The predicted octanol–water partition coefficient (Wildman–Crippen LogP) is 2.11. The molecular formula is C12H23NO2. The molecule has 15 heavy (non-hydrogen) atoms. The van der Waals surface area contributed by atoms with Crippen molar-refractivity contribution in [1.29, 1.82) is 0 Å². The zero-order valence-electron chi connectivity index (χ0n) is 9.92. The first-order valence-electron chi connectivity index (χ1n) is 6.11. The fourth-order valence-electron chi connectivity index (χ4n) is 2.24. The van der Waals surface area contributed by atoms with Gasteiger partial charge in [-0.15, -0.1) is 0 Å². The van der Waals surface area contributed by atoms with Gasteiger partial charge in [-0.25, -0.2) is 0 Å². The highest BCUT2D eigenvalue weighted by molar-refractivity contribution is 5.77. The van der Waals surface area contributed by atoms with Crippen LogP contribution in [0.1, 0.15) is 46.0 Å². The molecule has 1 aliphatic carbocycles. The molecule has 0 aromatic carbocycles. The molecule has 0 aromatic heterocycles. The third-order valence-electron chi connectivity index (χ3n) is 3.18. The van der Waals surface area contributed by atoms with E-state index in [2.05, 4.69) is 12.2 Å². The molecule has 3 nitrogen and oxygen atoms in total. The Labute approximate surface area is 92.6 Å². The van der Waals surface area contributed by atoms with Crippen LogP contribution < -0.4 is 5.32 Å². The van der Waals surface area contributed by atoms with Gasteiger partial charge in [-0.1, -0.05) is 19.3 Å². The lowest BCUT2D eigenvalue weighted by atomic mass is 9.84. The lowest BCUT2D eigenvalue weighted by Crippen LogP contribution is -2.40. The van der Waals surface area contributed by atoms with Crippen molar-refractivity contribution in [3.63, 3.8) is 0 Å². The number of nitrogens with one attached hydrogen (secondary N) is 1. The number of hydrogen-bond donors (Lipinski definition) is 1. The van der Waals surface area contributed by atoms with E-state index < -0.39 is 0 Å². The number of carbonyl (C=O) groups is 1. The molecule has 0 radical (unpaired) electrons. The molecule has 0 aliphatic heterocycles. The summed E-state index contributed by atoms with van der Waals surface area (Å²) in [5, 5.41) is 3.02. The SMILES string of the molecule is CCOCC(=O)NC(C)C1CCCCC1. The van der Waals surface area contributed by atoms with Crippen molar-refractivity contribution >= 4 is 5.91 Å². The van der Waals surface area contributed by atoms with Crippen molar-refractivity contribution in [2.75, 3.05) is 13.2 Å². The molecule has 1 amide bonds. The summed E-state index contributed by atoms with van der Waals surface area (Å²) in [6.07, 6.45) is 6.51. The highest BCUT2D eigenvalue weighted by Gasteiger charge is 2.21. The number of rotatable bonds is 5. The van der Waals surface area contributed by atoms with Crippen LogP contribution in [0.4, 0.5) is 0 Å². The number of hydrogen-bond acceptors (Lipinski definition) is 2. The van der Waals surface area contributed by atoms with Gasteiger partial charge in [0.05, 0.1) is 0 Å². The number of carbonyl (C=O) groups excluding carboxylic acids is 1. The summed E-state index contributed by atoms with van der Waals surface area (Å²) in [6.45, 7) is 4.82. The van der Waals surface area contributed by atoms with Gasteiger partial charge in [0.2, 0.25) is 5.91 Å². The van der Waals surface area contributed by atoms with Gasteiger partial charge >= 0.3 is 0 Å². The van der Waals surface area contributed by atoms with Gasteiger partial charge < -0.3 is 10.1 Å². The average molecular weight is 213 g/mol. The lowest BCUT2D eigenvalue weighted by Gasteiger charge is -2.28. The Hall–Kier alpha value is -0.570. The molecule has 1 atom stereocenters. The molecule has 0 spiro atoms. The van der Waals surface area contributed by atoms with Crippen LogP contribution in [0.15, 0.2) is 0 Å². The van der Waals surface area contributed by atoms with E-state index in [1.54, 1.807) is 0 Å². The fraction of sp³-hybridized carbons (Fsp3) is 0.917. The zero-order valence-corrected chi connectivity index (χ0v) is 9.92. The fourth-order valence-corrected chi connectivity index (χ4v) is 2.24. The quantitative estimate of drug-likeness (QED) is 0.759. The summed E-state index contributed by atoms with van der Waals surface area (Å²) in [5.41, 5.74) is 0. The van der Waals surface area contributed by atoms with Crippen LogP contribution in [0, 0.1) is 5.92 Å². The van der Waals surface area contributed by atoms with Crippen LogP contribution in [0.25, 0.3) is 0 Å². The van der Waals surface area contributed by atoms with Crippen molar-refractivity contribution in [3.05, 3.63) is 0 Å². The van der Waals surface area contributed by atoms with Crippen LogP contribution in [-0.4, -0.2) is 25.2 Å². The van der Waals surface area contributed by atoms with E-state index in [0.29, 0.717) is 18.6 Å². The van der Waals surface area contributed by atoms with Crippen LogP contribution >= 0.6 is 0 Å². The summed E-state index contributed by atoms with van der Waals surface area (Å²) >= 11 is 0. The first-order chi connectivity index (χ1) is 7.24. The first kappa shape index (κ1) is 12.5. The van der Waals surface area contributed by atoms with Gasteiger partial charge in [-0.3, -0.25) is 4.79 Å². The van der Waals surface area contributed by atoms with Crippen molar-refractivity contribution in [2.24, 2.45) is 5.92 Å². The minimum atomic E-state index is 0.0231. The molecule has 0 saturated heterocycles. The van der Waals surface area contributed by atoms with Gasteiger partial charge in [-0.2, -0.15) is 0 Å². The molecule has 0 bridgehead atoms. The van der Waals surface area contributed by atoms with E-state index in [1.165, 1.54) is 32.1 Å². The number of ether oxygens (including phenoxy) is 1. The summed E-state index contributed by atoms with van der Waals surface area (Å²) in [4.78, 5) is 11.4. The second kappa shape index (κ2) is 6.83. The molecule has 1 aliphatic rings. The Morgan fingerprint density at radius 1 is 1.40 bits per heavy atom. The van der Waals surface area contributed by atoms with E-state index >= 15 is 0 Å². The molecule has 1 saturated carbocycles. The van der Waals surface area contributed by atoms with E-state index in [4.69, 9.17) is 4.74 Å². The highest BCUT2D eigenvalue weighted by atomic mass is 16.5. The topological polar surface area (TPSA) is 38.3 Å². The first-order valence-corrected chi connectivity index (χ1v) is 6.11. The van der Waals surface area contributed by atoms with Crippen LogP contribution in [0.3, 0.4) is 0 Å².